The van der Waals surface area contributed by atoms with E-state index in [0.717, 1.165) is 23.7 Å². The molecule has 0 spiro atoms. The number of halogens is 3. The van der Waals surface area contributed by atoms with Crippen LogP contribution in [0.4, 0.5) is 13.2 Å². The van der Waals surface area contributed by atoms with Crippen LogP contribution in [0.15, 0.2) is 55.0 Å². The summed E-state index contributed by atoms with van der Waals surface area (Å²) in [5.41, 5.74) is -1.39. The third-order valence-electron chi connectivity index (χ3n) is 5.82. The summed E-state index contributed by atoms with van der Waals surface area (Å²) in [4.78, 5) is 26.7. The number of nitrogens with zero attached hydrogens (tertiary/aromatic N) is 5. The Kier molecular flexibility index (Phi) is 6.99. The molecular formula is C23H25F3N6O2. The maximum Gasteiger partial charge on any atom is 0.435 e. The molecule has 34 heavy (non-hydrogen) atoms. The molecule has 1 aromatic carbocycles. The summed E-state index contributed by atoms with van der Waals surface area (Å²) >= 11 is 0. The third-order valence-corrected chi connectivity index (χ3v) is 5.82. The Balaban J connectivity index is 1.28. The monoisotopic (exact) mass is 474 g/mol. The average molecular weight is 474 g/mol. The van der Waals surface area contributed by atoms with Crippen LogP contribution >= 0.6 is 0 Å². The van der Waals surface area contributed by atoms with Crippen LogP contribution in [-0.4, -0.2) is 55.9 Å². The molecule has 0 unspecified atom stereocenters. The van der Waals surface area contributed by atoms with E-state index in [2.05, 4.69) is 15.5 Å². The SMILES string of the molecule is O=C(NCCCC(=O)N1CCC(n2cccn2)CC1)c1cn(-c2ccccc2)nc1C(F)(F)F. The molecule has 1 aliphatic rings. The quantitative estimate of drug-likeness (QED) is 0.532. The molecule has 0 aliphatic carbocycles. The minimum atomic E-state index is -4.77. The fourth-order valence-corrected chi connectivity index (χ4v) is 4.03. The number of carbonyl (C=O) groups excluding carboxylic acids is 2. The highest BCUT2D eigenvalue weighted by molar-refractivity contribution is 5.95. The summed E-state index contributed by atoms with van der Waals surface area (Å²) in [6.45, 7) is 1.34. The van der Waals surface area contributed by atoms with Crippen molar-refractivity contribution in [2.45, 2.75) is 37.9 Å². The van der Waals surface area contributed by atoms with E-state index in [1.54, 1.807) is 41.4 Å². The second-order valence-electron chi connectivity index (χ2n) is 8.13. The number of carbonyl (C=O) groups is 2. The van der Waals surface area contributed by atoms with Gasteiger partial charge in [-0.2, -0.15) is 23.4 Å². The zero-order valence-corrected chi connectivity index (χ0v) is 18.4. The summed E-state index contributed by atoms with van der Waals surface area (Å²) < 4.78 is 43.3. The van der Waals surface area contributed by atoms with Crippen molar-refractivity contribution in [3.8, 4) is 5.69 Å². The molecule has 180 valence electrons. The minimum Gasteiger partial charge on any atom is -0.352 e. The summed E-state index contributed by atoms with van der Waals surface area (Å²) in [6, 6.07) is 10.4. The number of rotatable bonds is 7. The van der Waals surface area contributed by atoms with E-state index in [1.807, 2.05) is 16.9 Å². The first-order valence-electron chi connectivity index (χ1n) is 11.1. The molecule has 4 rings (SSSR count). The van der Waals surface area contributed by atoms with E-state index in [9.17, 15) is 22.8 Å². The van der Waals surface area contributed by atoms with Gasteiger partial charge in [-0.1, -0.05) is 18.2 Å². The van der Waals surface area contributed by atoms with Gasteiger partial charge < -0.3 is 10.2 Å². The zero-order chi connectivity index (χ0) is 24.1. The molecule has 3 heterocycles. The molecule has 11 heteroatoms. The Hall–Kier alpha value is -3.63. The fourth-order valence-electron chi connectivity index (χ4n) is 4.03. The minimum absolute atomic E-state index is 0.0268. The number of para-hydroxylation sites is 1. The molecule has 8 nitrogen and oxygen atoms in total. The first-order chi connectivity index (χ1) is 16.3. The predicted octanol–water partition coefficient (Wildman–Crippen LogP) is 3.46. The van der Waals surface area contributed by atoms with Crippen molar-refractivity contribution in [3.63, 3.8) is 0 Å². The van der Waals surface area contributed by atoms with Gasteiger partial charge in [-0.05, 0) is 37.5 Å². The normalized spacial score (nSPS) is 14.9. The highest BCUT2D eigenvalue weighted by atomic mass is 19.4. The van der Waals surface area contributed by atoms with Crippen LogP contribution in [0.5, 0.6) is 0 Å². The maximum absolute atomic E-state index is 13.4. The highest BCUT2D eigenvalue weighted by Gasteiger charge is 2.39. The Morgan fingerprint density at radius 1 is 1.09 bits per heavy atom. The van der Waals surface area contributed by atoms with E-state index in [4.69, 9.17) is 0 Å². The largest absolute Gasteiger partial charge is 0.435 e. The van der Waals surface area contributed by atoms with Crippen LogP contribution in [0.3, 0.4) is 0 Å². The van der Waals surface area contributed by atoms with Crippen molar-refractivity contribution in [1.29, 1.82) is 0 Å². The van der Waals surface area contributed by atoms with Crippen molar-refractivity contribution < 1.29 is 22.8 Å². The lowest BCUT2D eigenvalue weighted by molar-refractivity contribution is -0.141. The van der Waals surface area contributed by atoms with Gasteiger partial charge in [0, 0.05) is 44.6 Å². The molecule has 0 radical (unpaired) electrons. The number of nitrogens with one attached hydrogen (secondary N) is 1. The lowest BCUT2D eigenvalue weighted by Gasteiger charge is -2.32. The number of piperidine rings is 1. The maximum atomic E-state index is 13.4. The van der Waals surface area contributed by atoms with Crippen LogP contribution in [-0.2, 0) is 11.0 Å². The van der Waals surface area contributed by atoms with Crippen LogP contribution in [0.25, 0.3) is 5.69 Å². The molecule has 2 aromatic heterocycles. The van der Waals surface area contributed by atoms with Crippen molar-refractivity contribution in [2.24, 2.45) is 0 Å². The third kappa shape index (κ3) is 5.46. The van der Waals surface area contributed by atoms with Gasteiger partial charge in [0.2, 0.25) is 5.91 Å². The van der Waals surface area contributed by atoms with Crippen molar-refractivity contribution in [3.05, 3.63) is 66.2 Å². The van der Waals surface area contributed by atoms with Gasteiger partial charge in [-0.25, -0.2) is 4.68 Å². The predicted molar refractivity (Wildman–Crippen MR) is 117 cm³/mol. The van der Waals surface area contributed by atoms with Gasteiger partial charge in [-0.3, -0.25) is 14.3 Å². The first-order valence-corrected chi connectivity index (χ1v) is 11.1. The molecule has 0 atom stereocenters. The molecule has 1 N–H and O–H groups in total. The standard InChI is InChI=1S/C23H25F3N6O2/c24-23(25,26)21-19(16-32(29-21)17-6-2-1-3-7-17)22(34)27-11-4-8-20(33)30-14-9-18(10-15-30)31-13-5-12-28-31/h1-3,5-7,12-13,16,18H,4,8-11,14-15H2,(H,27,34). The Morgan fingerprint density at radius 2 is 1.82 bits per heavy atom. The van der Waals surface area contributed by atoms with Crippen molar-refractivity contribution in [2.75, 3.05) is 19.6 Å². The Bertz CT molecular complexity index is 1100. The number of benzene rings is 1. The molecule has 2 amide bonds. The average Bonchev–Trinajstić information content (AvgIpc) is 3.53. The van der Waals surface area contributed by atoms with Gasteiger partial charge in [-0.15, -0.1) is 0 Å². The lowest BCUT2D eigenvalue weighted by Crippen LogP contribution is -2.39. The summed E-state index contributed by atoms with van der Waals surface area (Å²) in [6.07, 6.45) is 2.12. The molecule has 1 saturated heterocycles. The number of alkyl halides is 3. The van der Waals surface area contributed by atoms with Crippen molar-refractivity contribution >= 4 is 11.8 Å². The number of amides is 2. The Morgan fingerprint density at radius 3 is 2.47 bits per heavy atom. The smallest absolute Gasteiger partial charge is 0.352 e. The van der Waals surface area contributed by atoms with Crippen LogP contribution in [0, 0.1) is 0 Å². The van der Waals surface area contributed by atoms with Crippen LogP contribution in [0.1, 0.15) is 47.8 Å². The van der Waals surface area contributed by atoms with E-state index >= 15 is 0 Å². The number of hydrogen-bond donors (Lipinski definition) is 1. The van der Waals surface area contributed by atoms with E-state index in [0.29, 0.717) is 25.2 Å². The molecule has 3 aromatic rings. The highest BCUT2D eigenvalue weighted by Crippen LogP contribution is 2.31. The summed E-state index contributed by atoms with van der Waals surface area (Å²) in [5.74, 6) is -0.900. The van der Waals surface area contributed by atoms with Crippen LogP contribution < -0.4 is 5.32 Å². The topological polar surface area (TPSA) is 85.0 Å². The summed E-state index contributed by atoms with van der Waals surface area (Å²) in [7, 11) is 0. The van der Waals surface area contributed by atoms with Crippen molar-refractivity contribution in [1.82, 2.24) is 29.8 Å². The summed E-state index contributed by atoms with van der Waals surface area (Å²) in [5, 5.41) is 10.3. The second-order valence-corrected chi connectivity index (χ2v) is 8.13. The molecule has 0 bridgehead atoms. The van der Waals surface area contributed by atoms with Gasteiger partial charge >= 0.3 is 6.18 Å². The molecule has 1 fully saturated rings. The van der Waals surface area contributed by atoms with Gasteiger partial charge in [0.25, 0.3) is 5.91 Å². The van der Waals surface area contributed by atoms with Gasteiger partial charge in [0.15, 0.2) is 5.69 Å². The molecule has 0 saturated carbocycles. The van der Waals surface area contributed by atoms with Crippen LogP contribution in [0.2, 0.25) is 0 Å². The zero-order valence-electron chi connectivity index (χ0n) is 18.4. The number of hydrogen-bond acceptors (Lipinski definition) is 4. The number of likely N-dealkylation sites (tertiary alicyclic amines) is 1. The lowest BCUT2D eigenvalue weighted by atomic mass is 10.0. The second kappa shape index (κ2) is 10.1. The molecule has 1 aliphatic heterocycles. The first kappa shape index (κ1) is 23.5. The van der Waals surface area contributed by atoms with Gasteiger partial charge in [0.05, 0.1) is 17.3 Å². The van der Waals surface area contributed by atoms with Gasteiger partial charge in [0.1, 0.15) is 0 Å². The fraction of sp³-hybridized carbons (Fsp3) is 0.391. The Labute approximate surface area is 194 Å². The number of aromatic nitrogens is 4. The van der Waals surface area contributed by atoms with E-state index < -0.39 is 23.3 Å². The van der Waals surface area contributed by atoms with E-state index in [1.165, 1.54) is 0 Å². The molecular weight excluding hydrogens is 449 g/mol. The van der Waals surface area contributed by atoms with E-state index in [-0.39, 0.29) is 24.9 Å².